The number of furan rings is 1. The van der Waals surface area contributed by atoms with Gasteiger partial charge in [0.15, 0.2) is 0 Å². The first kappa shape index (κ1) is 13.7. The van der Waals surface area contributed by atoms with Crippen molar-refractivity contribution in [3.8, 4) is 5.75 Å². The fourth-order valence-electron chi connectivity index (χ4n) is 2.01. The van der Waals surface area contributed by atoms with Crippen LogP contribution >= 0.6 is 0 Å². The van der Waals surface area contributed by atoms with E-state index in [0.29, 0.717) is 6.61 Å². The van der Waals surface area contributed by atoms with E-state index in [0.717, 1.165) is 35.8 Å². The van der Waals surface area contributed by atoms with Crippen LogP contribution in [0.3, 0.4) is 0 Å². The molecule has 1 heterocycles. The molecule has 0 spiro atoms. The highest BCUT2D eigenvalue weighted by molar-refractivity contribution is 5.28. The van der Waals surface area contributed by atoms with E-state index in [2.05, 4.69) is 31.3 Å². The zero-order chi connectivity index (χ0) is 13.7. The van der Waals surface area contributed by atoms with Gasteiger partial charge in [-0.1, -0.05) is 19.1 Å². The van der Waals surface area contributed by atoms with Gasteiger partial charge in [-0.15, -0.1) is 0 Å². The summed E-state index contributed by atoms with van der Waals surface area (Å²) >= 11 is 0. The average Bonchev–Trinajstić information content (AvgIpc) is 2.78. The second kappa shape index (κ2) is 6.43. The third kappa shape index (κ3) is 3.61. The van der Waals surface area contributed by atoms with Crippen LogP contribution in [0.2, 0.25) is 0 Å². The van der Waals surface area contributed by atoms with Crippen molar-refractivity contribution in [3.63, 3.8) is 0 Å². The van der Waals surface area contributed by atoms with Gasteiger partial charge in [0, 0.05) is 0 Å². The van der Waals surface area contributed by atoms with Crippen molar-refractivity contribution in [1.29, 1.82) is 0 Å². The molecule has 1 aromatic carbocycles. The van der Waals surface area contributed by atoms with Crippen LogP contribution in [0.1, 0.15) is 29.6 Å². The van der Waals surface area contributed by atoms with Gasteiger partial charge >= 0.3 is 0 Å². The molecule has 0 aliphatic carbocycles. The molecule has 102 valence electrons. The molecule has 1 aromatic heterocycles. The first-order valence-corrected chi connectivity index (χ1v) is 6.67. The number of aryl methyl sites for hydroxylation is 2. The summed E-state index contributed by atoms with van der Waals surface area (Å²) in [5.41, 5.74) is 2.44. The standard InChI is InChI=1S/C16H21NO2/c1-4-13-6-5-7-14(9-13)18-11-15-8-12(2)16(19-15)10-17-3/h5-9,17H,4,10-11H2,1-3H3. The van der Waals surface area contributed by atoms with Crippen LogP contribution in [0.4, 0.5) is 0 Å². The Morgan fingerprint density at radius 1 is 1.26 bits per heavy atom. The monoisotopic (exact) mass is 259 g/mol. The predicted octanol–water partition coefficient (Wildman–Crippen LogP) is 3.45. The molecule has 0 fully saturated rings. The minimum Gasteiger partial charge on any atom is -0.486 e. The molecule has 2 aromatic rings. The molecule has 3 heteroatoms. The summed E-state index contributed by atoms with van der Waals surface area (Å²) in [5.74, 6) is 2.73. The Kier molecular flexibility index (Phi) is 4.63. The van der Waals surface area contributed by atoms with Crippen molar-refractivity contribution in [2.75, 3.05) is 7.05 Å². The van der Waals surface area contributed by atoms with E-state index < -0.39 is 0 Å². The number of nitrogens with one attached hydrogen (secondary N) is 1. The lowest BCUT2D eigenvalue weighted by Gasteiger charge is -2.05. The summed E-state index contributed by atoms with van der Waals surface area (Å²) in [6, 6.07) is 10.2. The lowest BCUT2D eigenvalue weighted by Crippen LogP contribution is -2.04. The van der Waals surface area contributed by atoms with Crippen LogP contribution in [0.15, 0.2) is 34.7 Å². The molecule has 0 radical (unpaired) electrons. The van der Waals surface area contributed by atoms with E-state index in [-0.39, 0.29) is 0 Å². The molecule has 0 saturated carbocycles. The smallest absolute Gasteiger partial charge is 0.146 e. The Balaban J connectivity index is 1.99. The highest BCUT2D eigenvalue weighted by Crippen LogP contribution is 2.18. The fraction of sp³-hybridized carbons (Fsp3) is 0.375. The van der Waals surface area contributed by atoms with Crippen molar-refractivity contribution in [2.45, 2.75) is 33.4 Å². The molecule has 0 saturated heterocycles. The molecular formula is C16H21NO2. The molecule has 2 rings (SSSR count). The third-order valence-electron chi connectivity index (χ3n) is 3.10. The summed E-state index contributed by atoms with van der Waals surface area (Å²) < 4.78 is 11.5. The van der Waals surface area contributed by atoms with Crippen molar-refractivity contribution in [2.24, 2.45) is 0 Å². The number of benzene rings is 1. The summed E-state index contributed by atoms with van der Waals surface area (Å²) in [7, 11) is 1.91. The normalized spacial score (nSPS) is 10.7. The van der Waals surface area contributed by atoms with E-state index in [1.54, 1.807) is 0 Å². The van der Waals surface area contributed by atoms with Crippen LogP contribution in [0, 0.1) is 6.92 Å². The van der Waals surface area contributed by atoms with E-state index in [1.807, 2.05) is 25.2 Å². The van der Waals surface area contributed by atoms with Gasteiger partial charge in [0.05, 0.1) is 6.54 Å². The van der Waals surface area contributed by atoms with Crippen LogP contribution in [-0.4, -0.2) is 7.05 Å². The second-order valence-electron chi connectivity index (χ2n) is 4.64. The molecule has 3 nitrogen and oxygen atoms in total. The van der Waals surface area contributed by atoms with Crippen molar-refractivity contribution >= 4 is 0 Å². The highest BCUT2D eigenvalue weighted by atomic mass is 16.5. The minimum absolute atomic E-state index is 0.470. The zero-order valence-electron chi connectivity index (χ0n) is 11.8. The first-order valence-electron chi connectivity index (χ1n) is 6.67. The topological polar surface area (TPSA) is 34.4 Å². The Bertz CT molecular complexity index is 531. The number of hydrogen-bond donors (Lipinski definition) is 1. The molecule has 0 aliphatic heterocycles. The van der Waals surface area contributed by atoms with Gasteiger partial charge in [-0.3, -0.25) is 0 Å². The lowest BCUT2D eigenvalue weighted by molar-refractivity contribution is 0.265. The van der Waals surface area contributed by atoms with Gasteiger partial charge in [-0.2, -0.15) is 0 Å². The van der Waals surface area contributed by atoms with Gasteiger partial charge < -0.3 is 14.5 Å². The minimum atomic E-state index is 0.470. The molecule has 0 atom stereocenters. The quantitative estimate of drug-likeness (QED) is 0.862. The zero-order valence-corrected chi connectivity index (χ0v) is 11.8. The van der Waals surface area contributed by atoms with Crippen LogP contribution in [0.5, 0.6) is 5.75 Å². The van der Waals surface area contributed by atoms with Crippen LogP contribution in [0.25, 0.3) is 0 Å². The maximum Gasteiger partial charge on any atom is 0.146 e. The van der Waals surface area contributed by atoms with Gasteiger partial charge in [-0.25, -0.2) is 0 Å². The Hall–Kier alpha value is -1.74. The Morgan fingerprint density at radius 2 is 2.11 bits per heavy atom. The van der Waals surface area contributed by atoms with Crippen molar-refractivity contribution < 1.29 is 9.15 Å². The molecule has 19 heavy (non-hydrogen) atoms. The highest BCUT2D eigenvalue weighted by Gasteiger charge is 2.07. The molecule has 0 unspecified atom stereocenters. The lowest BCUT2D eigenvalue weighted by atomic mass is 10.2. The predicted molar refractivity (Wildman–Crippen MR) is 76.4 cm³/mol. The Labute approximate surface area is 114 Å². The van der Waals surface area contributed by atoms with Crippen LogP contribution in [-0.2, 0) is 19.6 Å². The van der Waals surface area contributed by atoms with E-state index in [9.17, 15) is 0 Å². The average molecular weight is 259 g/mol. The van der Waals surface area contributed by atoms with Crippen LogP contribution < -0.4 is 10.1 Å². The van der Waals surface area contributed by atoms with Crippen molar-refractivity contribution in [1.82, 2.24) is 5.32 Å². The number of hydrogen-bond acceptors (Lipinski definition) is 3. The van der Waals surface area contributed by atoms with E-state index in [1.165, 1.54) is 5.56 Å². The van der Waals surface area contributed by atoms with Gasteiger partial charge in [0.1, 0.15) is 23.9 Å². The molecule has 0 aliphatic rings. The van der Waals surface area contributed by atoms with Crippen molar-refractivity contribution in [3.05, 3.63) is 53.0 Å². The summed E-state index contributed by atoms with van der Waals surface area (Å²) in [6.07, 6.45) is 1.02. The number of ether oxygens (including phenoxy) is 1. The summed E-state index contributed by atoms with van der Waals surface area (Å²) in [6.45, 7) is 5.41. The second-order valence-corrected chi connectivity index (χ2v) is 4.64. The van der Waals surface area contributed by atoms with Gasteiger partial charge in [0.25, 0.3) is 0 Å². The summed E-state index contributed by atoms with van der Waals surface area (Å²) in [4.78, 5) is 0. The molecular weight excluding hydrogens is 238 g/mol. The SMILES string of the molecule is CCc1cccc(OCc2cc(C)c(CNC)o2)c1. The molecule has 0 bridgehead atoms. The Morgan fingerprint density at radius 3 is 2.84 bits per heavy atom. The first-order chi connectivity index (χ1) is 9.22. The van der Waals surface area contributed by atoms with E-state index in [4.69, 9.17) is 9.15 Å². The van der Waals surface area contributed by atoms with E-state index >= 15 is 0 Å². The molecule has 0 amide bonds. The third-order valence-corrected chi connectivity index (χ3v) is 3.10. The maximum atomic E-state index is 5.77. The fourth-order valence-corrected chi connectivity index (χ4v) is 2.01. The maximum absolute atomic E-state index is 5.77. The van der Waals surface area contributed by atoms with Gasteiger partial charge in [0.2, 0.25) is 0 Å². The van der Waals surface area contributed by atoms with Gasteiger partial charge in [-0.05, 0) is 49.7 Å². The molecule has 1 N–H and O–H groups in total. The summed E-state index contributed by atoms with van der Waals surface area (Å²) in [5, 5.41) is 3.09. The largest absolute Gasteiger partial charge is 0.486 e. The number of rotatable bonds is 6.